The fraction of sp³-hybridized carbons (Fsp3) is 0.393. The molecule has 0 bridgehead atoms. The van der Waals surface area contributed by atoms with E-state index in [2.05, 4.69) is 62.9 Å². The number of para-hydroxylation sites is 2. The number of amides is 2. The Morgan fingerprint density at radius 3 is 1.63 bits per heavy atom. The van der Waals surface area contributed by atoms with E-state index in [1.807, 2.05) is 70.4 Å². The van der Waals surface area contributed by atoms with Crippen LogP contribution in [0.1, 0.15) is 70.7 Å². The highest BCUT2D eigenvalue weighted by Crippen LogP contribution is 2.43. The number of thioether (sulfide) groups is 1. The van der Waals surface area contributed by atoms with Gasteiger partial charge in [-0.25, -0.2) is 0 Å². The van der Waals surface area contributed by atoms with Gasteiger partial charge in [0.25, 0.3) is 11.8 Å². The highest BCUT2D eigenvalue weighted by Gasteiger charge is 2.38. The molecule has 15 heteroatoms. The zero-order valence-corrected chi connectivity index (χ0v) is 42.5. The Bertz CT molecular complexity index is 2650. The predicted octanol–water partition coefficient (Wildman–Crippen LogP) is 9.84. The largest absolute Gasteiger partial charge is 0.493 e. The van der Waals surface area contributed by atoms with Crippen LogP contribution in [0.15, 0.2) is 101 Å². The van der Waals surface area contributed by atoms with Gasteiger partial charge < -0.3 is 38.1 Å². The lowest BCUT2D eigenvalue weighted by molar-refractivity contribution is 0.0264. The molecule has 0 saturated carbocycles. The number of carbonyl (C=O) groups is 2. The van der Waals surface area contributed by atoms with Gasteiger partial charge >= 0.3 is 0 Å². The molecule has 0 aromatic heterocycles. The van der Waals surface area contributed by atoms with E-state index in [-0.39, 0.29) is 41.9 Å². The van der Waals surface area contributed by atoms with Crippen molar-refractivity contribution in [1.29, 1.82) is 0 Å². The lowest BCUT2D eigenvalue weighted by Crippen LogP contribution is -2.39. The lowest BCUT2D eigenvalue weighted by Gasteiger charge is -2.35. The summed E-state index contributed by atoms with van der Waals surface area (Å²) in [6.07, 6.45) is 5.10. The van der Waals surface area contributed by atoms with Crippen LogP contribution < -0.4 is 33.6 Å². The van der Waals surface area contributed by atoms with E-state index < -0.39 is 0 Å². The molecule has 5 aromatic carbocycles. The molecular formula is C56H63N5O9S. The first kappa shape index (κ1) is 49.6. The second-order valence-corrected chi connectivity index (χ2v) is 21.2. The summed E-state index contributed by atoms with van der Waals surface area (Å²) in [6.45, 7) is 13.1. The maximum Gasteiger partial charge on any atom is 0.261 e. The zero-order chi connectivity index (χ0) is 49.6. The molecule has 0 radical (unpaired) electrons. The Labute approximate surface area is 420 Å². The topological polar surface area (TPSA) is 133 Å². The van der Waals surface area contributed by atoms with Gasteiger partial charge in [0.2, 0.25) is 0 Å². The third-order valence-electron chi connectivity index (χ3n) is 12.9. The van der Waals surface area contributed by atoms with Crippen LogP contribution in [0, 0.1) is 0 Å². The first-order valence-electron chi connectivity index (χ1n) is 24.2. The van der Waals surface area contributed by atoms with Gasteiger partial charge in [0.15, 0.2) is 23.0 Å². The number of benzene rings is 5. The van der Waals surface area contributed by atoms with Crippen molar-refractivity contribution in [2.75, 3.05) is 82.2 Å². The van der Waals surface area contributed by atoms with Crippen LogP contribution in [0.2, 0.25) is 0 Å². The SMILES string of the molecule is COCCOCCOCCN(CC(C)(C)SC(C)C)c1cc(COc2cc3c(cc2OC)C(=O)N2c4ccccc4C[C@H]2C=N3)cc(COc2cc3c(cc2OC)C(=O)N2c4ccccc4C[C@H]2C=N3)c1. The summed E-state index contributed by atoms with van der Waals surface area (Å²) in [6, 6.07) is 29.0. The van der Waals surface area contributed by atoms with Crippen LogP contribution in [0.4, 0.5) is 28.4 Å². The Morgan fingerprint density at radius 1 is 0.648 bits per heavy atom. The van der Waals surface area contributed by atoms with Crippen molar-refractivity contribution in [2.24, 2.45) is 9.98 Å². The minimum atomic E-state index is -0.186. The van der Waals surface area contributed by atoms with E-state index in [1.54, 1.807) is 45.6 Å². The number of methoxy groups -OCH3 is 3. The number of hydrogen-bond acceptors (Lipinski definition) is 13. The smallest absolute Gasteiger partial charge is 0.261 e. The van der Waals surface area contributed by atoms with Gasteiger partial charge in [0.05, 0.1) is 81.8 Å². The number of aliphatic imine (C=N–C) groups is 2. The summed E-state index contributed by atoms with van der Waals surface area (Å²) in [5.74, 6) is 1.51. The van der Waals surface area contributed by atoms with E-state index in [0.29, 0.717) is 103 Å². The number of rotatable bonds is 22. The summed E-state index contributed by atoms with van der Waals surface area (Å²) >= 11 is 1.93. The van der Waals surface area contributed by atoms with Crippen LogP contribution >= 0.6 is 11.8 Å². The molecule has 5 aromatic rings. The number of anilines is 3. The summed E-state index contributed by atoms with van der Waals surface area (Å²) in [5, 5.41) is 0.419. The molecule has 0 spiro atoms. The molecule has 9 rings (SSSR count). The van der Waals surface area contributed by atoms with Crippen LogP contribution in [0.5, 0.6) is 23.0 Å². The molecule has 4 heterocycles. The first-order valence-corrected chi connectivity index (χ1v) is 25.1. The minimum absolute atomic E-state index is 0.116. The average molecular weight is 982 g/mol. The Balaban J connectivity index is 1.01. The molecule has 0 aliphatic carbocycles. The molecule has 0 unspecified atom stereocenters. The fourth-order valence-electron chi connectivity index (χ4n) is 9.87. The standard InChI is InChI=1S/C56H63N5O9S/c1-36(2)71-56(3,4)35-59(16-17-67-20-21-68-19-18-64-5)41-23-37(33-69-52-29-46-44(27-50(52)65-6)54(62)60-42(31-57-46)25-39-12-8-10-14-48(39)60)22-38(24-41)34-70-53-30-47-45(28-51(53)66-7)55(63)61-43(32-58-47)26-40-13-9-11-15-49(40)61/h8-15,22-24,27-32,36,42-43H,16-21,25-26,33-35H2,1-7H3/t42-,43-/m0/s1. The summed E-state index contributed by atoms with van der Waals surface area (Å²) in [5.41, 5.74) is 8.69. The Kier molecular flexibility index (Phi) is 15.3. The molecule has 14 nitrogen and oxygen atoms in total. The van der Waals surface area contributed by atoms with Gasteiger partial charge in [-0.15, -0.1) is 0 Å². The van der Waals surface area contributed by atoms with Crippen molar-refractivity contribution in [1.82, 2.24) is 0 Å². The van der Waals surface area contributed by atoms with Crippen LogP contribution in [-0.4, -0.2) is 114 Å². The molecule has 2 atom stereocenters. The quantitative estimate of drug-likeness (QED) is 0.0614. The molecule has 4 aliphatic rings. The molecule has 2 amide bonds. The lowest BCUT2D eigenvalue weighted by atomic mass is 10.1. The normalized spacial score (nSPS) is 16.5. The second kappa shape index (κ2) is 21.9. The van der Waals surface area contributed by atoms with Crippen LogP contribution in [0.25, 0.3) is 0 Å². The molecule has 71 heavy (non-hydrogen) atoms. The van der Waals surface area contributed by atoms with E-state index in [4.69, 9.17) is 43.1 Å². The number of ether oxygens (including phenoxy) is 7. The third-order valence-corrected chi connectivity index (χ3v) is 14.1. The second-order valence-electron chi connectivity index (χ2n) is 18.9. The van der Waals surface area contributed by atoms with Gasteiger partial charge in [0, 0.05) is 79.4 Å². The van der Waals surface area contributed by atoms with Gasteiger partial charge in [-0.2, -0.15) is 11.8 Å². The molecule has 0 N–H and O–H groups in total. The molecular weight excluding hydrogens is 919 g/mol. The minimum Gasteiger partial charge on any atom is -0.493 e. The summed E-state index contributed by atoms with van der Waals surface area (Å²) in [4.78, 5) is 44.0. The number of hydrogen-bond donors (Lipinski definition) is 0. The van der Waals surface area contributed by atoms with E-state index in [1.165, 1.54) is 0 Å². The maximum absolute atomic E-state index is 14.2. The Morgan fingerprint density at radius 2 is 1.14 bits per heavy atom. The predicted molar refractivity (Wildman–Crippen MR) is 281 cm³/mol. The van der Waals surface area contributed by atoms with Gasteiger partial charge in [-0.1, -0.05) is 50.2 Å². The van der Waals surface area contributed by atoms with Gasteiger partial charge in [-0.05, 0) is 83.8 Å². The summed E-state index contributed by atoms with van der Waals surface area (Å²) in [7, 11) is 4.81. The van der Waals surface area contributed by atoms with E-state index >= 15 is 0 Å². The number of carbonyl (C=O) groups excluding carboxylic acids is 2. The first-order chi connectivity index (χ1) is 34.4. The van der Waals surface area contributed by atoms with E-state index in [0.717, 1.165) is 45.9 Å². The number of fused-ring (bicyclic) bond motifs is 8. The van der Waals surface area contributed by atoms with Crippen molar-refractivity contribution in [2.45, 2.75) is 75.8 Å². The van der Waals surface area contributed by atoms with Crippen molar-refractivity contribution in [3.8, 4) is 23.0 Å². The fourth-order valence-corrected chi connectivity index (χ4v) is 11.4. The molecule has 0 saturated heterocycles. The van der Waals surface area contributed by atoms with Crippen LogP contribution in [-0.2, 0) is 40.3 Å². The molecule has 0 fully saturated rings. The van der Waals surface area contributed by atoms with Gasteiger partial charge in [0.1, 0.15) is 13.2 Å². The monoisotopic (exact) mass is 981 g/mol. The van der Waals surface area contributed by atoms with Crippen molar-refractivity contribution >= 4 is 64.4 Å². The van der Waals surface area contributed by atoms with Gasteiger partial charge in [-0.3, -0.25) is 29.4 Å². The van der Waals surface area contributed by atoms with Crippen LogP contribution in [0.3, 0.4) is 0 Å². The van der Waals surface area contributed by atoms with Crippen molar-refractivity contribution < 1.29 is 42.7 Å². The third kappa shape index (κ3) is 11.1. The maximum atomic E-state index is 14.2. The van der Waals surface area contributed by atoms with E-state index in [9.17, 15) is 9.59 Å². The highest BCUT2D eigenvalue weighted by atomic mass is 32.2. The van der Waals surface area contributed by atoms with Crippen molar-refractivity contribution in [3.05, 3.63) is 124 Å². The highest BCUT2D eigenvalue weighted by molar-refractivity contribution is 8.01. The summed E-state index contributed by atoms with van der Waals surface area (Å²) < 4.78 is 41.8. The van der Waals surface area contributed by atoms with Crippen molar-refractivity contribution in [3.63, 3.8) is 0 Å². The average Bonchev–Trinajstić information content (AvgIpc) is 3.85. The number of nitrogens with zero attached hydrogens (tertiary/aromatic N) is 5. The molecule has 4 aliphatic heterocycles. The molecule has 372 valence electrons. The zero-order valence-electron chi connectivity index (χ0n) is 41.6. The Hall–Kier alpha value is -6.39.